The Hall–Kier alpha value is -0.520. The topological polar surface area (TPSA) is 44.4 Å². The second-order valence-electron chi connectivity index (χ2n) is 6.70. The number of hydrogen-bond donors (Lipinski definition) is 2. The van der Waals surface area contributed by atoms with E-state index in [0.29, 0.717) is 33.3 Å². The molecule has 0 atom stereocenters. The van der Waals surface area contributed by atoms with Crippen LogP contribution in [0.1, 0.15) is 25.7 Å². The lowest BCUT2D eigenvalue weighted by Crippen LogP contribution is -2.45. The average Bonchev–Trinajstić information content (AvgIpc) is 3.36. The first-order valence-corrected chi connectivity index (χ1v) is 9.55. The molecular weight excluding hydrogens is 369 g/mol. The molecule has 3 rings (SSSR count). The van der Waals surface area contributed by atoms with Gasteiger partial charge in [-0.15, -0.1) is 0 Å². The molecule has 132 valence electrons. The molecule has 1 aliphatic carbocycles. The van der Waals surface area contributed by atoms with E-state index in [9.17, 15) is 4.79 Å². The number of nitrogens with one attached hydrogen (secondary N) is 2. The largest absolute Gasteiger partial charge is 0.324 e. The summed E-state index contributed by atoms with van der Waals surface area (Å²) in [5, 5.41) is 7.60. The van der Waals surface area contributed by atoms with Crippen molar-refractivity contribution in [2.45, 2.75) is 31.7 Å². The first-order valence-electron chi connectivity index (χ1n) is 8.41. The zero-order valence-electron chi connectivity index (χ0n) is 13.5. The van der Waals surface area contributed by atoms with Crippen LogP contribution in [0.3, 0.4) is 0 Å². The molecule has 1 aromatic rings. The molecule has 0 radical (unpaired) electrons. The maximum atomic E-state index is 12.2. The van der Waals surface area contributed by atoms with Crippen LogP contribution in [0.5, 0.6) is 0 Å². The van der Waals surface area contributed by atoms with Crippen LogP contribution in [0.15, 0.2) is 12.1 Å². The molecule has 0 unspecified atom stereocenters. The van der Waals surface area contributed by atoms with Gasteiger partial charge in [-0.25, -0.2) is 0 Å². The van der Waals surface area contributed by atoms with Gasteiger partial charge in [-0.1, -0.05) is 34.8 Å². The Morgan fingerprint density at radius 1 is 1.04 bits per heavy atom. The van der Waals surface area contributed by atoms with Crippen molar-refractivity contribution in [3.63, 3.8) is 0 Å². The average molecular weight is 391 g/mol. The molecule has 24 heavy (non-hydrogen) atoms. The Kier molecular flexibility index (Phi) is 6.27. The molecule has 1 saturated carbocycles. The molecule has 0 bridgehead atoms. The summed E-state index contributed by atoms with van der Waals surface area (Å²) in [6, 6.07) is 3.71. The lowest BCUT2D eigenvalue weighted by molar-refractivity contribution is -0.117. The van der Waals surface area contributed by atoms with E-state index in [0.717, 1.165) is 38.4 Å². The standard InChI is InChI=1S/C17H22Cl3N3O/c18-13-7-15(20)16(8-14(13)19)22-17(24)10-23-5-3-12(4-6-23)21-9-11-1-2-11/h7-8,11-12,21H,1-6,9-10H2,(H,22,24). The number of benzene rings is 1. The minimum atomic E-state index is -0.0836. The summed E-state index contributed by atoms with van der Waals surface area (Å²) in [5.41, 5.74) is 0.497. The Morgan fingerprint density at radius 2 is 1.71 bits per heavy atom. The van der Waals surface area contributed by atoms with E-state index >= 15 is 0 Å². The van der Waals surface area contributed by atoms with Crippen molar-refractivity contribution in [2.75, 3.05) is 31.5 Å². The Balaban J connectivity index is 1.43. The van der Waals surface area contributed by atoms with Gasteiger partial charge in [-0.05, 0) is 50.3 Å². The Morgan fingerprint density at radius 3 is 2.38 bits per heavy atom. The van der Waals surface area contributed by atoms with Crippen LogP contribution in [0, 0.1) is 5.92 Å². The molecular formula is C17H22Cl3N3O. The Labute approximate surface area is 157 Å². The van der Waals surface area contributed by atoms with Gasteiger partial charge in [0, 0.05) is 19.1 Å². The normalized spacial score (nSPS) is 19.5. The van der Waals surface area contributed by atoms with E-state index in [4.69, 9.17) is 34.8 Å². The molecule has 4 nitrogen and oxygen atoms in total. The van der Waals surface area contributed by atoms with Crippen LogP contribution < -0.4 is 10.6 Å². The van der Waals surface area contributed by atoms with Gasteiger partial charge in [-0.2, -0.15) is 0 Å². The summed E-state index contributed by atoms with van der Waals surface area (Å²) in [5.74, 6) is 0.824. The monoisotopic (exact) mass is 389 g/mol. The van der Waals surface area contributed by atoms with Crippen molar-refractivity contribution < 1.29 is 4.79 Å². The van der Waals surface area contributed by atoms with Crippen molar-refractivity contribution in [1.29, 1.82) is 0 Å². The number of nitrogens with zero attached hydrogens (tertiary/aromatic N) is 1. The number of likely N-dealkylation sites (tertiary alicyclic amines) is 1. The maximum absolute atomic E-state index is 12.2. The summed E-state index contributed by atoms with van der Waals surface area (Å²) in [6.07, 6.45) is 4.94. The molecule has 1 saturated heterocycles. The fourth-order valence-corrected chi connectivity index (χ4v) is 3.56. The highest BCUT2D eigenvalue weighted by Gasteiger charge is 2.25. The quantitative estimate of drug-likeness (QED) is 0.720. The summed E-state index contributed by atoms with van der Waals surface area (Å²) in [6.45, 7) is 3.39. The number of hydrogen-bond acceptors (Lipinski definition) is 3. The van der Waals surface area contributed by atoms with Crippen LogP contribution in [-0.2, 0) is 4.79 Å². The van der Waals surface area contributed by atoms with Gasteiger partial charge in [0.15, 0.2) is 0 Å². The first kappa shape index (κ1) is 18.3. The molecule has 1 aromatic carbocycles. The van der Waals surface area contributed by atoms with E-state index < -0.39 is 0 Å². The number of amides is 1. The van der Waals surface area contributed by atoms with Gasteiger partial charge in [0.05, 0.1) is 27.3 Å². The third-order valence-corrected chi connectivity index (χ3v) is 5.67. The van der Waals surface area contributed by atoms with Crippen LogP contribution in [0.4, 0.5) is 5.69 Å². The fourth-order valence-electron chi connectivity index (χ4n) is 2.96. The van der Waals surface area contributed by atoms with E-state index in [-0.39, 0.29) is 5.91 Å². The number of carbonyl (C=O) groups is 1. The third kappa shape index (κ3) is 5.24. The maximum Gasteiger partial charge on any atom is 0.238 e. The molecule has 1 heterocycles. The van der Waals surface area contributed by atoms with Gasteiger partial charge < -0.3 is 10.6 Å². The van der Waals surface area contributed by atoms with Crippen molar-refractivity contribution >= 4 is 46.4 Å². The lowest BCUT2D eigenvalue weighted by atomic mass is 10.0. The van der Waals surface area contributed by atoms with E-state index in [1.165, 1.54) is 18.9 Å². The lowest BCUT2D eigenvalue weighted by Gasteiger charge is -2.32. The second-order valence-corrected chi connectivity index (χ2v) is 7.92. The summed E-state index contributed by atoms with van der Waals surface area (Å²) < 4.78 is 0. The van der Waals surface area contributed by atoms with Crippen molar-refractivity contribution in [2.24, 2.45) is 5.92 Å². The van der Waals surface area contributed by atoms with Crippen LogP contribution in [-0.4, -0.2) is 43.0 Å². The minimum absolute atomic E-state index is 0.0836. The predicted octanol–water partition coefficient (Wildman–Crippen LogP) is 4.05. The Bertz CT molecular complexity index is 599. The van der Waals surface area contributed by atoms with Crippen molar-refractivity contribution in [3.05, 3.63) is 27.2 Å². The van der Waals surface area contributed by atoms with Crippen LogP contribution >= 0.6 is 34.8 Å². The van der Waals surface area contributed by atoms with Gasteiger partial charge in [-0.3, -0.25) is 9.69 Å². The highest BCUT2D eigenvalue weighted by molar-refractivity contribution is 6.44. The van der Waals surface area contributed by atoms with Crippen LogP contribution in [0.2, 0.25) is 15.1 Å². The molecule has 2 fully saturated rings. The zero-order valence-corrected chi connectivity index (χ0v) is 15.7. The fraction of sp³-hybridized carbons (Fsp3) is 0.588. The van der Waals surface area contributed by atoms with Crippen molar-refractivity contribution in [3.8, 4) is 0 Å². The van der Waals surface area contributed by atoms with Gasteiger partial charge >= 0.3 is 0 Å². The molecule has 0 aromatic heterocycles. The molecule has 7 heteroatoms. The van der Waals surface area contributed by atoms with E-state index in [1.807, 2.05) is 0 Å². The number of carbonyl (C=O) groups excluding carboxylic acids is 1. The molecule has 2 N–H and O–H groups in total. The highest BCUT2D eigenvalue weighted by Crippen LogP contribution is 2.32. The SMILES string of the molecule is O=C(CN1CCC(NCC2CC2)CC1)Nc1cc(Cl)c(Cl)cc1Cl. The molecule has 1 amide bonds. The third-order valence-electron chi connectivity index (χ3n) is 4.63. The number of piperidine rings is 1. The van der Waals surface area contributed by atoms with E-state index in [2.05, 4.69) is 15.5 Å². The minimum Gasteiger partial charge on any atom is -0.324 e. The second kappa shape index (κ2) is 8.24. The zero-order chi connectivity index (χ0) is 17.1. The first-order chi connectivity index (χ1) is 11.5. The molecule has 0 spiro atoms. The summed E-state index contributed by atoms with van der Waals surface area (Å²) in [7, 11) is 0. The van der Waals surface area contributed by atoms with Gasteiger partial charge in [0.1, 0.15) is 0 Å². The highest BCUT2D eigenvalue weighted by atomic mass is 35.5. The summed E-state index contributed by atoms with van der Waals surface area (Å²) in [4.78, 5) is 14.4. The van der Waals surface area contributed by atoms with E-state index in [1.54, 1.807) is 6.07 Å². The van der Waals surface area contributed by atoms with Gasteiger partial charge in [0.2, 0.25) is 5.91 Å². The molecule has 1 aliphatic heterocycles. The number of halogens is 3. The smallest absolute Gasteiger partial charge is 0.238 e. The number of rotatable bonds is 6. The summed E-state index contributed by atoms with van der Waals surface area (Å²) >= 11 is 18.0. The van der Waals surface area contributed by atoms with Crippen LogP contribution in [0.25, 0.3) is 0 Å². The number of anilines is 1. The van der Waals surface area contributed by atoms with Gasteiger partial charge in [0.25, 0.3) is 0 Å². The molecule has 2 aliphatic rings. The predicted molar refractivity (Wildman–Crippen MR) is 100 cm³/mol. The van der Waals surface area contributed by atoms with Crippen molar-refractivity contribution in [1.82, 2.24) is 10.2 Å².